The average Bonchev–Trinajstić information content (AvgIpc) is 3.22. The Hall–Kier alpha value is -2.65. The molecule has 7 nitrogen and oxygen atoms in total. The summed E-state index contributed by atoms with van der Waals surface area (Å²) in [7, 11) is -3.70. The number of benzene rings is 1. The van der Waals surface area contributed by atoms with Crippen LogP contribution in [0.15, 0.2) is 52.1 Å². The second-order valence-electron chi connectivity index (χ2n) is 8.13. The third-order valence-corrected chi connectivity index (χ3v) is 8.24. The Morgan fingerprint density at radius 1 is 1.23 bits per heavy atom. The van der Waals surface area contributed by atoms with E-state index in [2.05, 4.69) is 15.1 Å². The molecule has 1 aromatic carbocycles. The minimum Gasteiger partial charge on any atom is -0.339 e. The first-order chi connectivity index (χ1) is 14.4. The van der Waals surface area contributed by atoms with Gasteiger partial charge in [-0.1, -0.05) is 11.2 Å². The summed E-state index contributed by atoms with van der Waals surface area (Å²) in [5, 5.41) is 4.07. The Labute approximate surface area is 174 Å². The maximum Gasteiger partial charge on any atom is 0.243 e. The summed E-state index contributed by atoms with van der Waals surface area (Å²) >= 11 is 0. The van der Waals surface area contributed by atoms with Gasteiger partial charge in [-0.2, -0.15) is 9.29 Å². The molecule has 0 amide bonds. The second kappa shape index (κ2) is 6.95. The lowest BCUT2D eigenvalue weighted by molar-refractivity contribution is 0.242. The number of halogens is 1. The Kier molecular flexibility index (Phi) is 4.48. The third-order valence-electron chi connectivity index (χ3n) is 6.35. The first-order valence-electron chi connectivity index (χ1n) is 9.89. The predicted octanol–water partition coefficient (Wildman–Crippen LogP) is 3.54. The van der Waals surface area contributed by atoms with E-state index in [1.165, 1.54) is 16.4 Å². The van der Waals surface area contributed by atoms with Crippen LogP contribution < -0.4 is 0 Å². The summed E-state index contributed by atoms with van der Waals surface area (Å²) in [6.07, 6.45) is 5.72. The van der Waals surface area contributed by atoms with Crippen molar-refractivity contribution in [2.45, 2.75) is 37.0 Å². The van der Waals surface area contributed by atoms with Crippen LogP contribution >= 0.6 is 0 Å². The lowest BCUT2D eigenvalue weighted by atomic mass is 9.92. The fourth-order valence-electron chi connectivity index (χ4n) is 4.29. The van der Waals surface area contributed by atoms with Gasteiger partial charge < -0.3 is 4.52 Å². The van der Waals surface area contributed by atoms with Crippen molar-refractivity contribution in [2.75, 3.05) is 13.1 Å². The molecule has 30 heavy (non-hydrogen) atoms. The van der Waals surface area contributed by atoms with E-state index in [-0.39, 0.29) is 16.2 Å². The molecule has 2 fully saturated rings. The maximum absolute atomic E-state index is 13.9. The monoisotopic (exact) mass is 428 g/mol. The van der Waals surface area contributed by atoms with Gasteiger partial charge in [-0.05, 0) is 61.4 Å². The SMILES string of the molecule is Cc1ccc(S(=O)(=O)N2CCC3(CC2)CC3c2nc(-c3cccnc3)no2)cc1F. The predicted molar refractivity (Wildman–Crippen MR) is 106 cm³/mol. The quantitative estimate of drug-likeness (QED) is 0.632. The molecule has 1 aliphatic carbocycles. The smallest absolute Gasteiger partial charge is 0.243 e. The van der Waals surface area contributed by atoms with E-state index in [4.69, 9.17) is 4.52 Å². The number of pyridine rings is 1. The van der Waals surface area contributed by atoms with E-state index < -0.39 is 15.8 Å². The van der Waals surface area contributed by atoms with E-state index in [1.54, 1.807) is 19.3 Å². The van der Waals surface area contributed by atoms with Crippen molar-refractivity contribution in [3.05, 3.63) is 60.0 Å². The standard InChI is InChI=1S/C21H21FN4O3S/c1-14-4-5-16(11-18(14)22)30(27,28)26-9-6-21(7-10-26)12-17(21)20-24-19(25-29-20)15-3-2-8-23-13-15/h2-5,8,11,13,17H,6-7,9-10,12H2,1H3. The molecule has 2 aliphatic rings. The lowest BCUT2D eigenvalue weighted by Crippen LogP contribution is -2.39. The molecule has 1 atom stereocenters. The molecule has 0 radical (unpaired) electrons. The molecule has 0 N–H and O–H groups in total. The van der Waals surface area contributed by atoms with Crippen LogP contribution in [0.5, 0.6) is 0 Å². The third kappa shape index (κ3) is 3.22. The molecule has 1 aliphatic heterocycles. The van der Waals surface area contributed by atoms with Gasteiger partial charge in [0.2, 0.25) is 21.7 Å². The van der Waals surface area contributed by atoms with Crippen molar-refractivity contribution in [2.24, 2.45) is 5.41 Å². The Bertz CT molecular complexity index is 1190. The summed E-state index contributed by atoms with van der Waals surface area (Å²) in [5.41, 5.74) is 1.23. The van der Waals surface area contributed by atoms with Gasteiger partial charge in [0.1, 0.15) is 5.82 Å². The maximum atomic E-state index is 13.9. The van der Waals surface area contributed by atoms with E-state index >= 15 is 0 Å². The fourth-order valence-corrected chi connectivity index (χ4v) is 5.75. The summed E-state index contributed by atoms with van der Waals surface area (Å²) in [4.78, 5) is 8.61. The number of hydrogen-bond acceptors (Lipinski definition) is 6. The molecule has 1 saturated heterocycles. The zero-order valence-corrected chi connectivity index (χ0v) is 17.3. The number of aromatic nitrogens is 3. The number of hydrogen-bond donors (Lipinski definition) is 0. The highest BCUT2D eigenvalue weighted by atomic mass is 32.2. The van der Waals surface area contributed by atoms with E-state index in [0.29, 0.717) is 30.4 Å². The van der Waals surface area contributed by atoms with Gasteiger partial charge in [-0.15, -0.1) is 0 Å². The van der Waals surface area contributed by atoms with Gasteiger partial charge in [-0.25, -0.2) is 12.8 Å². The van der Waals surface area contributed by atoms with Crippen LogP contribution in [-0.4, -0.2) is 40.9 Å². The van der Waals surface area contributed by atoms with Gasteiger partial charge >= 0.3 is 0 Å². The highest BCUT2D eigenvalue weighted by Gasteiger charge is 2.59. The zero-order chi connectivity index (χ0) is 20.9. The number of sulfonamides is 1. The van der Waals surface area contributed by atoms with Crippen LogP contribution in [0.3, 0.4) is 0 Å². The number of nitrogens with zero attached hydrogens (tertiary/aromatic N) is 4. The van der Waals surface area contributed by atoms with Crippen LogP contribution in [0.2, 0.25) is 0 Å². The summed E-state index contributed by atoms with van der Waals surface area (Å²) in [6, 6.07) is 7.77. The van der Waals surface area contributed by atoms with Crippen molar-refractivity contribution in [3.8, 4) is 11.4 Å². The molecular weight excluding hydrogens is 407 g/mol. The summed E-state index contributed by atoms with van der Waals surface area (Å²) in [5.74, 6) is 0.761. The molecule has 9 heteroatoms. The van der Waals surface area contributed by atoms with E-state index in [0.717, 1.165) is 30.9 Å². The molecule has 1 spiro atoms. The van der Waals surface area contributed by atoms with Gasteiger partial charge in [0.25, 0.3) is 0 Å². The molecule has 5 rings (SSSR count). The van der Waals surface area contributed by atoms with Crippen molar-refractivity contribution in [1.29, 1.82) is 0 Å². The number of piperidine rings is 1. The van der Waals surface area contributed by atoms with Crippen LogP contribution in [0, 0.1) is 18.2 Å². The van der Waals surface area contributed by atoms with Gasteiger partial charge in [0.05, 0.1) is 4.90 Å². The van der Waals surface area contributed by atoms with Crippen molar-refractivity contribution in [3.63, 3.8) is 0 Å². The Morgan fingerprint density at radius 3 is 2.73 bits per heavy atom. The van der Waals surface area contributed by atoms with Gasteiger partial charge in [0, 0.05) is 37.0 Å². The van der Waals surface area contributed by atoms with E-state index in [9.17, 15) is 12.8 Å². The Morgan fingerprint density at radius 2 is 2.03 bits per heavy atom. The highest BCUT2D eigenvalue weighted by molar-refractivity contribution is 7.89. The molecule has 2 aromatic heterocycles. The fraction of sp³-hybridized carbons (Fsp3) is 0.381. The van der Waals surface area contributed by atoms with Crippen molar-refractivity contribution in [1.82, 2.24) is 19.4 Å². The van der Waals surface area contributed by atoms with Crippen LogP contribution in [0.4, 0.5) is 4.39 Å². The first-order valence-corrected chi connectivity index (χ1v) is 11.3. The normalized spacial score (nSPS) is 21.1. The Balaban J connectivity index is 1.28. The number of aryl methyl sites for hydroxylation is 1. The highest BCUT2D eigenvalue weighted by Crippen LogP contribution is 2.64. The molecule has 0 bridgehead atoms. The average molecular weight is 428 g/mol. The number of rotatable bonds is 4. The second-order valence-corrected chi connectivity index (χ2v) is 10.1. The van der Waals surface area contributed by atoms with Crippen LogP contribution in [-0.2, 0) is 10.0 Å². The molecular formula is C21H21FN4O3S. The van der Waals surface area contributed by atoms with Crippen LogP contribution in [0.1, 0.15) is 36.6 Å². The van der Waals surface area contributed by atoms with E-state index in [1.807, 2.05) is 12.1 Å². The zero-order valence-electron chi connectivity index (χ0n) is 16.5. The van der Waals surface area contributed by atoms with Crippen LogP contribution in [0.25, 0.3) is 11.4 Å². The molecule has 1 unspecified atom stereocenters. The largest absolute Gasteiger partial charge is 0.339 e. The first kappa shape index (κ1) is 19.3. The van der Waals surface area contributed by atoms with Gasteiger partial charge in [0.15, 0.2) is 0 Å². The minimum atomic E-state index is -3.70. The van der Waals surface area contributed by atoms with Crippen molar-refractivity contribution < 1.29 is 17.3 Å². The lowest BCUT2D eigenvalue weighted by Gasteiger charge is -2.31. The topological polar surface area (TPSA) is 89.2 Å². The summed E-state index contributed by atoms with van der Waals surface area (Å²) < 4.78 is 46.6. The molecule has 3 aromatic rings. The minimum absolute atomic E-state index is 0.00326. The molecule has 156 valence electrons. The summed E-state index contributed by atoms with van der Waals surface area (Å²) in [6.45, 7) is 2.41. The molecule has 3 heterocycles. The molecule has 1 saturated carbocycles. The van der Waals surface area contributed by atoms with Crippen molar-refractivity contribution >= 4 is 10.0 Å². The van der Waals surface area contributed by atoms with Gasteiger partial charge in [-0.3, -0.25) is 4.98 Å².